The Bertz CT molecular complexity index is 530. The molecule has 1 saturated heterocycles. The Hall–Kier alpha value is -1.11. The highest BCUT2D eigenvalue weighted by Crippen LogP contribution is 2.21. The zero-order chi connectivity index (χ0) is 13.9. The van der Waals surface area contributed by atoms with Crippen LogP contribution in [0.15, 0.2) is 29.2 Å². The SMILES string of the molecule is CN1CCCCC1CNS(=O)(=O)c1ccccc1O. The molecule has 1 aromatic rings. The minimum atomic E-state index is -3.64. The molecule has 5 nitrogen and oxygen atoms in total. The largest absolute Gasteiger partial charge is 0.507 e. The van der Waals surface area contributed by atoms with Crippen LogP contribution in [-0.2, 0) is 10.0 Å². The Kier molecular flexibility index (Phi) is 4.44. The van der Waals surface area contributed by atoms with Gasteiger partial charge in [0.15, 0.2) is 0 Å². The van der Waals surface area contributed by atoms with E-state index in [0.29, 0.717) is 6.54 Å². The molecule has 6 heteroatoms. The van der Waals surface area contributed by atoms with E-state index in [1.54, 1.807) is 12.1 Å². The van der Waals surface area contributed by atoms with Gasteiger partial charge in [-0.1, -0.05) is 18.6 Å². The normalized spacial score (nSPS) is 21.4. The number of hydrogen-bond donors (Lipinski definition) is 2. The Morgan fingerprint density at radius 1 is 1.37 bits per heavy atom. The Morgan fingerprint density at radius 3 is 2.79 bits per heavy atom. The molecule has 1 heterocycles. The fourth-order valence-electron chi connectivity index (χ4n) is 2.37. The number of phenols is 1. The van der Waals surface area contributed by atoms with Gasteiger partial charge in [-0.2, -0.15) is 0 Å². The number of piperidine rings is 1. The van der Waals surface area contributed by atoms with E-state index < -0.39 is 10.0 Å². The van der Waals surface area contributed by atoms with Crippen molar-refractivity contribution in [3.05, 3.63) is 24.3 Å². The fourth-order valence-corrected chi connectivity index (χ4v) is 3.54. The third-order valence-corrected chi connectivity index (χ3v) is 5.06. The molecule has 1 fully saturated rings. The first-order valence-corrected chi connectivity index (χ1v) is 7.97. The first-order valence-electron chi connectivity index (χ1n) is 6.48. The number of nitrogens with zero attached hydrogens (tertiary/aromatic N) is 1. The van der Waals surface area contributed by atoms with E-state index in [2.05, 4.69) is 9.62 Å². The molecule has 1 unspecified atom stereocenters. The summed E-state index contributed by atoms with van der Waals surface area (Å²) in [6.07, 6.45) is 3.30. The van der Waals surface area contributed by atoms with E-state index in [1.165, 1.54) is 18.6 Å². The average Bonchev–Trinajstić information content (AvgIpc) is 2.38. The van der Waals surface area contributed by atoms with Crippen LogP contribution in [0.25, 0.3) is 0 Å². The van der Waals surface area contributed by atoms with Gasteiger partial charge in [0.25, 0.3) is 0 Å². The number of para-hydroxylation sites is 1. The van der Waals surface area contributed by atoms with Crippen molar-refractivity contribution in [2.45, 2.75) is 30.2 Å². The van der Waals surface area contributed by atoms with E-state index >= 15 is 0 Å². The summed E-state index contributed by atoms with van der Waals surface area (Å²) in [7, 11) is -1.63. The molecule has 0 bridgehead atoms. The molecular weight excluding hydrogens is 264 g/mol. The van der Waals surface area contributed by atoms with Crippen molar-refractivity contribution in [2.75, 3.05) is 20.1 Å². The highest BCUT2D eigenvalue weighted by molar-refractivity contribution is 7.89. The molecule has 0 radical (unpaired) electrons. The maximum atomic E-state index is 12.1. The predicted molar refractivity (Wildman–Crippen MR) is 73.6 cm³/mol. The Balaban J connectivity index is 2.04. The molecule has 1 aliphatic heterocycles. The van der Waals surface area contributed by atoms with E-state index in [0.717, 1.165) is 19.4 Å². The van der Waals surface area contributed by atoms with E-state index in [-0.39, 0.29) is 16.7 Å². The number of benzene rings is 1. The van der Waals surface area contributed by atoms with Gasteiger partial charge in [-0.05, 0) is 38.6 Å². The van der Waals surface area contributed by atoms with Crippen LogP contribution in [0.2, 0.25) is 0 Å². The van der Waals surface area contributed by atoms with Crippen LogP contribution in [0.3, 0.4) is 0 Å². The van der Waals surface area contributed by atoms with E-state index in [9.17, 15) is 13.5 Å². The number of phenolic OH excluding ortho intramolecular Hbond substituents is 1. The number of sulfonamides is 1. The molecule has 2 rings (SSSR count). The molecule has 0 aromatic heterocycles. The smallest absolute Gasteiger partial charge is 0.244 e. The number of likely N-dealkylation sites (N-methyl/N-ethyl adjacent to an activating group) is 1. The van der Waals surface area contributed by atoms with Crippen LogP contribution in [0, 0.1) is 0 Å². The number of hydrogen-bond acceptors (Lipinski definition) is 4. The average molecular weight is 284 g/mol. The van der Waals surface area contributed by atoms with Crippen molar-refractivity contribution >= 4 is 10.0 Å². The van der Waals surface area contributed by atoms with Crippen LogP contribution >= 0.6 is 0 Å². The summed E-state index contributed by atoms with van der Waals surface area (Å²) in [5, 5.41) is 9.61. The second-order valence-electron chi connectivity index (χ2n) is 4.95. The summed E-state index contributed by atoms with van der Waals surface area (Å²) in [5.74, 6) is -0.216. The Labute approximate surface area is 114 Å². The van der Waals surface area contributed by atoms with Gasteiger partial charge in [0.05, 0.1) is 0 Å². The second-order valence-corrected chi connectivity index (χ2v) is 6.69. The van der Waals surface area contributed by atoms with Crippen molar-refractivity contribution in [1.82, 2.24) is 9.62 Å². The highest BCUT2D eigenvalue weighted by Gasteiger charge is 2.23. The third-order valence-electron chi connectivity index (χ3n) is 3.59. The van der Waals surface area contributed by atoms with Crippen LogP contribution in [0.1, 0.15) is 19.3 Å². The van der Waals surface area contributed by atoms with Crippen molar-refractivity contribution in [3.63, 3.8) is 0 Å². The third kappa shape index (κ3) is 3.46. The topological polar surface area (TPSA) is 69.6 Å². The van der Waals surface area contributed by atoms with Crippen LogP contribution in [-0.4, -0.2) is 44.6 Å². The Morgan fingerprint density at radius 2 is 2.11 bits per heavy atom. The van der Waals surface area contributed by atoms with Gasteiger partial charge in [0.2, 0.25) is 10.0 Å². The van der Waals surface area contributed by atoms with Gasteiger partial charge >= 0.3 is 0 Å². The number of nitrogens with one attached hydrogen (secondary N) is 1. The molecule has 1 aliphatic rings. The predicted octanol–water partition coefficient (Wildman–Crippen LogP) is 1.15. The zero-order valence-corrected chi connectivity index (χ0v) is 11.9. The van der Waals surface area contributed by atoms with Gasteiger partial charge in [-0.3, -0.25) is 0 Å². The highest BCUT2D eigenvalue weighted by atomic mass is 32.2. The lowest BCUT2D eigenvalue weighted by molar-refractivity contribution is 0.187. The van der Waals surface area contributed by atoms with Gasteiger partial charge in [-0.25, -0.2) is 13.1 Å². The monoisotopic (exact) mass is 284 g/mol. The molecule has 0 aliphatic carbocycles. The minimum absolute atomic E-state index is 0.0616. The van der Waals surface area contributed by atoms with Crippen molar-refractivity contribution < 1.29 is 13.5 Å². The molecule has 19 heavy (non-hydrogen) atoms. The van der Waals surface area contributed by atoms with Crippen molar-refractivity contribution in [2.24, 2.45) is 0 Å². The molecule has 2 N–H and O–H groups in total. The maximum absolute atomic E-state index is 12.1. The van der Waals surface area contributed by atoms with Crippen molar-refractivity contribution in [1.29, 1.82) is 0 Å². The van der Waals surface area contributed by atoms with Gasteiger partial charge in [0, 0.05) is 12.6 Å². The van der Waals surface area contributed by atoms with Gasteiger partial charge in [-0.15, -0.1) is 0 Å². The van der Waals surface area contributed by atoms with E-state index in [1.807, 2.05) is 7.05 Å². The first kappa shape index (κ1) is 14.3. The van der Waals surface area contributed by atoms with Crippen LogP contribution < -0.4 is 4.72 Å². The lowest BCUT2D eigenvalue weighted by Crippen LogP contribution is -2.44. The van der Waals surface area contributed by atoms with Gasteiger partial charge < -0.3 is 10.0 Å². The summed E-state index contributed by atoms with van der Waals surface area (Å²) in [4.78, 5) is 2.12. The molecule has 0 saturated carbocycles. The molecule has 0 amide bonds. The van der Waals surface area contributed by atoms with Crippen LogP contribution in [0.5, 0.6) is 5.75 Å². The standard InChI is InChI=1S/C13H20N2O3S/c1-15-9-5-4-6-11(15)10-14-19(17,18)13-8-3-2-7-12(13)16/h2-3,7-8,11,14,16H,4-6,9-10H2,1H3. The number of aromatic hydroxyl groups is 1. The maximum Gasteiger partial charge on any atom is 0.244 e. The summed E-state index contributed by atoms with van der Waals surface area (Å²) in [5.41, 5.74) is 0. The van der Waals surface area contributed by atoms with Crippen LogP contribution in [0.4, 0.5) is 0 Å². The summed E-state index contributed by atoms with van der Waals surface area (Å²) in [6.45, 7) is 1.39. The number of rotatable bonds is 4. The first-order chi connectivity index (χ1) is 9.00. The lowest BCUT2D eigenvalue weighted by atomic mass is 10.0. The minimum Gasteiger partial charge on any atom is -0.507 e. The summed E-state index contributed by atoms with van der Waals surface area (Å²) < 4.78 is 26.8. The molecule has 1 atom stereocenters. The van der Waals surface area contributed by atoms with Crippen molar-refractivity contribution in [3.8, 4) is 5.75 Å². The van der Waals surface area contributed by atoms with E-state index in [4.69, 9.17) is 0 Å². The van der Waals surface area contributed by atoms with Gasteiger partial charge in [0.1, 0.15) is 10.6 Å². The summed E-state index contributed by atoms with van der Waals surface area (Å²) in [6, 6.07) is 6.21. The molecule has 0 spiro atoms. The second kappa shape index (κ2) is 5.90. The molecular formula is C13H20N2O3S. The quantitative estimate of drug-likeness (QED) is 0.870. The zero-order valence-electron chi connectivity index (χ0n) is 11.0. The molecule has 1 aromatic carbocycles. The molecule has 106 valence electrons. The number of likely N-dealkylation sites (tertiary alicyclic amines) is 1. The fraction of sp³-hybridized carbons (Fsp3) is 0.538. The lowest BCUT2D eigenvalue weighted by Gasteiger charge is -2.32. The summed E-state index contributed by atoms with van der Waals surface area (Å²) >= 11 is 0.